The van der Waals surface area contributed by atoms with Crippen LogP contribution in [0.2, 0.25) is 0 Å². The highest BCUT2D eigenvalue weighted by Gasteiger charge is 2.32. The van der Waals surface area contributed by atoms with Gasteiger partial charge in [0.25, 0.3) is 5.56 Å². The number of Topliss-reactive ketones (excluding diaryl/α,β-unsaturated/α-hetero) is 1. The fourth-order valence-electron chi connectivity index (χ4n) is 3.06. The first-order chi connectivity index (χ1) is 10.5. The molecule has 0 aromatic carbocycles. The van der Waals surface area contributed by atoms with E-state index in [4.69, 9.17) is 0 Å². The van der Waals surface area contributed by atoms with Crippen molar-refractivity contribution in [2.75, 3.05) is 0 Å². The fraction of sp³-hybridized carbons (Fsp3) is 0.471. The first-order valence-electron chi connectivity index (χ1n) is 7.67. The maximum Gasteiger partial charge on any atom is 0.251 e. The van der Waals surface area contributed by atoms with Gasteiger partial charge in [0.05, 0.1) is 16.6 Å². The predicted octanol–water partition coefficient (Wildman–Crippen LogP) is 1.97. The summed E-state index contributed by atoms with van der Waals surface area (Å²) >= 11 is 0. The van der Waals surface area contributed by atoms with Crippen LogP contribution in [-0.4, -0.2) is 26.0 Å². The van der Waals surface area contributed by atoms with Gasteiger partial charge in [-0.3, -0.25) is 14.6 Å². The third-order valence-electron chi connectivity index (χ3n) is 4.51. The van der Waals surface area contributed by atoms with Gasteiger partial charge < -0.3 is 9.67 Å². The van der Waals surface area contributed by atoms with E-state index in [1.165, 1.54) is 6.07 Å². The van der Waals surface area contributed by atoms with Crippen molar-refractivity contribution in [1.29, 1.82) is 0 Å². The minimum atomic E-state index is -0.841. The highest BCUT2D eigenvalue weighted by Crippen LogP contribution is 2.29. The molecule has 2 heterocycles. The van der Waals surface area contributed by atoms with Crippen LogP contribution in [0.15, 0.2) is 29.2 Å². The average molecular weight is 300 g/mol. The molecule has 0 unspecified atom stereocenters. The first-order valence-corrected chi connectivity index (χ1v) is 7.67. The van der Waals surface area contributed by atoms with Gasteiger partial charge in [-0.25, -0.2) is 0 Å². The van der Waals surface area contributed by atoms with Crippen LogP contribution in [0, 0.1) is 6.92 Å². The van der Waals surface area contributed by atoms with Gasteiger partial charge in [0.1, 0.15) is 5.78 Å². The molecule has 1 N–H and O–H groups in total. The standard InChI is InChI=1S/C17H20N2O3/c1-12-10-15-14(18-11-12)2-3-16(21)19(15)9-8-17(22)6-4-13(20)5-7-17/h2-3,10-11,22H,4-9H2,1H3. The summed E-state index contributed by atoms with van der Waals surface area (Å²) in [5.74, 6) is 0.215. The molecule has 0 atom stereocenters. The lowest BCUT2D eigenvalue weighted by Crippen LogP contribution is -2.36. The van der Waals surface area contributed by atoms with E-state index in [-0.39, 0.29) is 11.3 Å². The molecule has 2 aromatic heterocycles. The quantitative estimate of drug-likeness (QED) is 0.940. The van der Waals surface area contributed by atoms with Crippen molar-refractivity contribution in [1.82, 2.24) is 9.55 Å². The van der Waals surface area contributed by atoms with Gasteiger partial charge in [-0.05, 0) is 43.9 Å². The minimum absolute atomic E-state index is 0.0876. The summed E-state index contributed by atoms with van der Waals surface area (Å²) in [4.78, 5) is 27.8. The average Bonchev–Trinajstić information content (AvgIpc) is 2.50. The second kappa shape index (κ2) is 5.65. The first kappa shape index (κ1) is 14.9. The molecule has 2 aromatic rings. The van der Waals surface area contributed by atoms with Crippen LogP contribution >= 0.6 is 0 Å². The molecule has 5 heteroatoms. The van der Waals surface area contributed by atoms with Crippen molar-refractivity contribution in [2.24, 2.45) is 0 Å². The summed E-state index contributed by atoms with van der Waals surface area (Å²) in [7, 11) is 0. The van der Waals surface area contributed by atoms with E-state index in [1.54, 1.807) is 16.8 Å². The maximum absolute atomic E-state index is 12.2. The lowest BCUT2D eigenvalue weighted by molar-refractivity contribution is -0.125. The number of nitrogens with zero attached hydrogens (tertiary/aromatic N) is 2. The fourth-order valence-corrected chi connectivity index (χ4v) is 3.06. The van der Waals surface area contributed by atoms with Gasteiger partial charge >= 0.3 is 0 Å². The zero-order valence-corrected chi connectivity index (χ0v) is 12.7. The predicted molar refractivity (Wildman–Crippen MR) is 83.8 cm³/mol. The Labute approximate surface area is 128 Å². The molecule has 1 fully saturated rings. The molecule has 5 nitrogen and oxygen atoms in total. The number of ketones is 1. The molecule has 0 aliphatic heterocycles. The second-order valence-corrected chi connectivity index (χ2v) is 6.25. The monoisotopic (exact) mass is 300 g/mol. The van der Waals surface area contributed by atoms with E-state index < -0.39 is 5.60 Å². The van der Waals surface area contributed by atoms with Gasteiger partial charge in [0, 0.05) is 31.6 Å². The van der Waals surface area contributed by atoms with Crippen LogP contribution in [0.4, 0.5) is 0 Å². The Morgan fingerprint density at radius 2 is 2.00 bits per heavy atom. The number of aromatic nitrogens is 2. The summed E-state index contributed by atoms with van der Waals surface area (Å²) in [6.07, 6.45) is 4.10. The molecule has 22 heavy (non-hydrogen) atoms. The molecule has 3 rings (SSSR count). The molecule has 1 aliphatic rings. The van der Waals surface area contributed by atoms with Gasteiger partial charge in [-0.1, -0.05) is 0 Å². The molecule has 0 saturated heterocycles. The maximum atomic E-state index is 12.2. The van der Waals surface area contributed by atoms with Crippen LogP contribution in [-0.2, 0) is 11.3 Å². The smallest absolute Gasteiger partial charge is 0.251 e. The zero-order chi connectivity index (χ0) is 15.7. The van der Waals surface area contributed by atoms with E-state index in [9.17, 15) is 14.7 Å². The molecule has 1 saturated carbocycles. The topological polar surface area (TPSA) is 72.2 Å². The lowest BCUT2D eigenvalue weighted by Gasteiger charge is -2.31. The molecule has 0 radical (unpaired) electrons. The van der Waals surface area contributed by atoms with Gasteiger partial charge in [0.15, 0.2) is 0 Å². The third-order valence-corrected chi connectivity index (χ3v) is 4.51. The van der Waals surface area contributed by atoms with Crippen molar-refractivity contribution < 1.29 is 9.90 Å². The van der Waals surface area contributed by atoms with Crippen LogP contribution < -0.4 is 5.56 Å². The van der Waals surface area contributed by atoms with Crippen molar-refractivity contribution in [3.05, 3.63) is 40.3 Å². The van der Waals surface area contributed by atoms with Crippen molar-refractivity contribution in [3.8, 4) is 0 Å². The number of hydrogen-bond acceptors (Lipinski definition) is 4. The number of fused-ring (bicyclic) bond motifs is 1. The molecule has 0 spiro atoms. The SMILES string of the molecule is Cc1cnc2ccc(=O)n(CCC3(O)CCC(=O)CC3)c2c1. The summed E-state index contributed by atoms with van der Waals surface area (Å²) in [5, 5.41) is 10.6. The summed E-state index contributed by atoms with van der Waals surface area (Å²) in [6.45, 7) is 2.38. The minimum Gasteiger partial charge on any atom is -0.390 e. The Kier molecular flexibility index (Phi) is 3.83. The summed E-state index contributed by atoms with van der Waals surface area (Å²) in [6, 6.07) is 5.18. The molecular weight excluding hydrogens is 280 g/mol. The highest BCUT2D eigenvalue weighted by atomic mass is 16.3. The highest BCUT2D eigenvalue weighted by molar-refractivity contribution is 5.79. The zero-order valence-electron chi connectivity index (χ0n) is 12.7. The van der Waals surface area contributed by atoms with E-state index in [1.807, 2.05) is 13.0 Å². The number of aliphatic hydroxyl groups is 1. The van der Waals surface area contributed by atoms with Crippen LogP contribution in [0.1, 0.15) is 37.7 Å². The third kappa shape index (κ3) is 2.95. The Balaban J connectivity index is 1.87. The Morgan fingerprint density at radius 3 is 2.73 bits per heavy atom. The van der Waals surface area contributed by atoms with Gasteiger partial charge in [-0.15, -0.1) is 0 Å². The van der Waals surface area contributed by atoms with Crippen LogP contribution in [0.3, 0.4) is 0 Å². The van der Waals surface area contributed by atoms with E-state index in [0.29, 0.717) is 38.6 Å². The molecular formula is C17H20N2O3. The Bertz CT molecular complexity index is 769. The molecule has 1 aliphatic carbocycles. The largest absolute Gasteiger partial charge is 0.390 e. The number of aryl methyl sites for hydroxylation is 2. The van der Waals surface area contributed by atoms with Crippen LogP contribution in [0.5, 0.6) is 0 Å². The summed E-state index contributed by atoms with van der Waals surface area (Å²) < 4.78 is 1.67. The number of carbonyl (C=O) groups is 1. The Morgan fingerprint density at radius 1 is 1.27 bits per heavy atom. The van der Waals surface area contributed by atoms with Crippen molar-refractivity contribution in [3.63, 3.8) is 0 Å². The van der Waals surface area contributed by atoms with Crippen molar-refractivity contribution in [2.45, 2.75) is 51.2 Å². The molecule has 0 bridgehead atoms. The second-order valence-electron chi connectivity index (χ2n) is 6.25. The summed E-state index contributed by atoms with van der Waals surface area (Å²) in [5.41, 5.74) is 1.63. The van der Waals surface area contributed by atoms with Crippen molar-refractivity contribution >= 4 is 16.8 Å². The number of hydrogen-bond donors (Lipinski definition) is 1. The lowest BCUT2D eigenvalue weighted by atomic mass is 9.82. The van der Waals surface area contributed by atoms with Crippen LogP contribution in [0.25, 0.3) is 11.0 Å². The number of pyridine rings is 2. The van der Waals surface area contributed by atoms with Gasteiger partial charge in [0.2, 0.25) is 0 Å². The van der Waals surface area contributed by atoms with E-state index in [2.05, 4.69) is 4.98 Å². The van der Waals surface area contributed by atoms with E-state index >= 15 is 0 Å². The number of carbonyl (C=O) groups excluding carboxylic acids is 1. The normalized spacial score (nSPS) is 17.8. The van der Waals surface area contributed by atoms with E-state index in [0.717, 1.165) is 16.6 Å². The number of rotatable bonds is 3. The Hall–Kier alpha value is -2.01. The molecule has 116 valence electrons. The van der Waals surface area contributed by atoms with Gasteiger partial charge in [-0.2, -0.15) is 0 Å². The molecule has 0 amide bonds.